The number of hydrogen-bond donors (Lipinski definition) is 0. The Morgan fingerprint density at radius 1 is 1.00 bits per heavy atom. The average Bonchev–Trinajstić information content (AvgIpc) is 3.16. The number of carbonyl (C=O) groups is 1. The third-order valence-electron chi connectivity index (χ3n) is 7.09. The molecule has 1 aromatic heterocycles. The molecule has 1 unspecified atom stereocenters. The number of benzene rings is 1. The summed E-state index contributed by atoms with van der Waals surface area (Å²) in [7, 11) is 0. The van der Waals surface area contributed by atoms with Crippen LogP contribution in [0.4, 0.5) is 5.69 Å². The first-order valence-corrected chi connectivity index (χ1v) is 10.1. The van der Waals surface area contributed by atoms with Gasteiger partial charge in [-0.25, -0.2) is 0 Å². The van der Waals surface area contributed by atoms with Gasteiger partial charge in [0.15, 0.2) is 0 Å². The number of anilines is 1. The van der Waals surface area contributed by atoms with Crippen LogP contribution in [0.15, 0.2) is 53.1 Å². The summed E-state index contributed by atoms with van der Waals surface area (Å²) >= 11 is 0. The van der Waals surface area contributed by atoms with Gasteiger partial charge in [0.25, 0.3) is 0 Å². The molecule has 0 aliphatic heterocycles. The maximum Gasteiger partial charge on any atom is 0.233 e. The molecule has 4 bridgehead atoms. The number of hydrogen-bond acceptors (Lipinski definition) is 2. The Hall–Kier alpha value is -2.03. The van der Waals surface area contributed by atoms with Crippen LogP contribution in [0.5, 0.6) is 0 Å². The van der Waals surface area contributed by atoms with Crippen LogP contribution >= 0.6 is 0 Å². The summed E-state index contributed by atoms with van der Waals surface area (Å²) in [4.78, 5) is 16.0. The van der Waals surface area contributed by atoms with Crippen molar-refractivity contribution in [1.82, 2.24) is 0 Å². The van der Waals surface area contributed by atoms with Gasteiger partial charge >= 0.3 is 0 Å². The highest BCUT2D eigenvalue weighted by Gasteiger charge is 2.56. The Morgan fingerprint density at radius 3 is 2.15 bits per heavy atom. The van der Waals surface area contributed by atoms with E-state index >= 15 is 0 Å². The molecule has 3 nitrogen and oxygen atoms in total. The maximum atomic E-state index is 14.0. The predicted molar refractivity (Wildman–Crippen MR) is 102 cm³/mol. The molecule has 0 spiro atoms. The van der Waals surface area contributed by atoms with E-state index < -0.39 is 0 Å². The predicted octanol–water partition coefficient (Wildman–Crippen LogP) is 5.59. The van der Waals surface area contributed by atoms with Crippen molar-refractivity contribution in [3.63, 3.8) is 0 Å². The third kappa shape index (κ3) is 2.52. The number of para-hydroxylation sites is 1. The van der Waals surface area contributed by atoms with Gasteiger partial charge in [0.05, 0.1) is 17.7 Å². The second-order valence-corrected chi connectivity index (χ2v) is 8.90. The molecule has 1 aromatic carbocycles. The monoisotopic (exact) mass is 349 g/mol. The third-order valence-corrected chi connectivity index (χ3v) is 7.09. The molecule has 4 aliphatic rings. The van der Waals surface area contributed by atoms with E-state index in [1.807, 2.05) is 35.2 Å². The second-order valence-electron chi connectivity index (χ2n) is 8.90. The molecule has 136 valence electrons. The van der Waals surface area contributed by atoms with Crippen molar-refractivity contribution >= 4 is 11.6 Å². The van der Waals surface area contributed by atoms with Crippen molar-refractivity contribution in [3.05, 3.63) is 54.5 Å². The molecule has 6 rings (SSSR count). The van der Waals surface area contributed by atoms with Crippen molar-refractivity contribution in [2.75, 3.05) is 4.90 Å². The van der Waals surface area contributed by atoms with Gasteiger partial charge < -0.3 is 9.32 Å². The van der Waals surface area contributed by atoms with E-state index in [1.165, 1.54) is 19.3 Å². The summed E-state index contributed by atoms with van der Waals surface area (Å²) in [5.74, 6) is 3.48. The quantitative estimate of drug-likeness (QED) is 0.721. The Balaban J connectivity index is 1.53. The van der Waals surface area contributed by atoms with Crippen molar-refractivity contribution in [1.29, 1.82) is 0 Å². The maximum absolute atomic E-state index is 14.0. The van der Waals surface area contributed by atoms with Gasteiger partial charge in [0.1, 0.15) is 5.76 Å². The molecule has 1 amide bonds. The second kappa shape index (κ2) is 6.00. The minimum atomic E-state index is -0.147. The number of furan rings is 1. The fourth-order valence-electron chi connectivity index (χ4n) is 6.39. The Morgan fingerprint density at radius 2 is 1.62 bits per heavy atom. The molecule has 1 heterocycles. The van der Waals surface area contributed by atoms with Crippen LogP contribution in [0, 0.1) is 23.2 Å². The average molecular weight is 349 g/mol. The van der Waals surface area contributed by atoms with Gasteiger partial charge in [-0.1, -0.05) is 18.2 Å². The zero-order chi connectivity index (χ0) is 17.7. The van der Waals surface area contributed by atoms with E-state index in [0.29, 0.717) is 5.91 Å². The topological polar surface area (TPSA) is 33.5 Å². The number of rotatable bonds is 4. The minimum absolute atomic E-state index is 0.0899. The van der Waals surface area contributed by atoms with Gasteiger partial charge in [-0.15, -0.1) is 0 Å². The van der Waals surface area contributed by atoms with Gasteiger partial charge in [-0.05, 0) is 87.5 Å². The molecule has 0 radical (unpaired) electrons. The number of carbonyl (C=O) groups excluding carboxylic acids is 1. The van der Waals surface area contributed by atoms with E-state index in [2.05, 4.69) is 19.1 Å². The molecular weight excluding hydrogens is 322 g/mol. The first-order chi connectivity index (χ1) is 12.6. The van der Waals surface area contributed by atoms with Crippen LogP contribution in [0.3, 0.4) is 0 Å². The largest absolute Gasteiger partial charge is 0.467 e. The van der Waals surface area contributed by atoms with E-state index in [1.54, 1.807) is 6.26 Å². The fraction of sp³-hybridized carbons (Fsp3) is 0.522. The minimum Gasteiger partial charge on any atom is -0.467 e. The van der Waals surface area contributed by atoms with Crippen LogP contribution in [-0.2, 0) is 4.79 Å². The lowest BCUT2D eigenvalue weighted by molar-refractivity contribution is -0.143. The Bertz CT molecular complexity index is 745. The van der Waals surface area contributed by atoms with Gasteiger partial charge in [-0.3, -0.25) is 4.79 Å². The Labute approximate surface area is 155 Å². The van der Waals surface area contributed by atoms with E-state index in [9.17, 15) is 4.79 Å². The molecular formula is C23H27NO2. The Kier molecular flexibility index (Phi) is 3.73. The normalized spacial score (nSPS) is 33.2. The molecule has 1 atom stereocenters. The van der Waals surface area contributed by atoms with Gasteiger partial charge in [-0.2, -0.15) is 0 Å². The molecule has 4 aliphatic carbocycles. The van der Waals surface area contributed by atoms with Crippen LogP contribution in [0.25, 0.3) is 0 Å². The molecule has 26 heavy (non-hydrogen) atoms. The highest BCUT2D eigenvalue weighted by Crippen LogP contribution is 2.61. The number of amides is 1. The van der Waals surface area contributed by atoms with E-state index in [4.69, 9.17) is 4.42 Å². The fourth-order valence-corrected chi connectivity index (χ4v) is 6.39. The van der Waals surface area contributed by atoms with Crippen LogP contribution < -0.4 is 4.90 Å². The lowest BCUT2D eigenvalue weighted by Crippen LogP contribution is -2.55. The lowest BCUT2D eigenvalue weighted by atomic mass is 9.49. The summed E-state index contributed by atoms with van der Waals surface area (Å²) in [6.45, 7) is 2.09. The molecule has 0 saturated heterocycles. The molecule has 4 saturated carbocycles. The molecule has 3 heteroatoms. The highest BCUT2D eigenvalue weighted by atomic mass is 16.3. The van der Waals surface area contributed by atoms with Crippen LogP contribution in [-0.4, -0.2) is 5.91 Å². The molecule has 0 N–H and O–H groups in total. The summed E-state index contributed by atoms with van der Waals surface area (Å²) in [6.07, 6.45) is 9.02. The summed E-state index contributed by atoms with van der Waals surface area (Å²) in [5, 5.41) is 0. The van der Waals surface area contributed by atoms with Crippen LogP contribution in [0.2, 0.25) is 0 Å². The van der Waals surface area contributed by atoms with E-state index in [-0.39, 0.29) is 11.5 Å². The van der Waals surface area contributed by atoms with Crippen LogP contribution in [0.1, 0.15) is 57.3 Å². The van der Waals surface area contributed by atoms with Crippen molar-refractivity contribution in [2.24, 2.45) is 23.2 Å². The summed E-state index contributed by atoms with van der Waals surface area (Å²) < 4.78 is 5.67. The van der Waals surface area contributed by atoms with Crippen molar-refractivity contribution in [2.45, 2.75) is 51.5 Å². The van der Waals surface area contributed by atoms with Crippen molar-refractivity contribution < 1.29 is 9.21 Å². The standard InChI is InChI=1S/C23H27NO2/c1-16(21-8-5-9-26-21)24(20-6-3-2-4-7-20)22(25)23-13-17-10-18(14-23)12-19(11-17)15-23/h2-9,16-19H,10-15H2,1H3. The van der Waals surface area contributed by atoms with Crippen molar-refractivity contribution in [3.8, 4) is 0 Å². The molecule has 4 fully saturated rings. The summed E-state index contributed by atoms with van der Waals surface area (Å²) in [6, 6.07) is 13.9. The first kappa shape index (κ1) is 16.2. The van der Waals surface area contributed by atoms with Gasteiger partial charge in [0.2, 0.25) is 5.91 Å². The number of nitrogens with zero attached hydrogens (tertiary/aromatic N) is 1. The zero-order valence-corrected chi connectivity index (χ0v) is 15.4. The first-order valence-electron chi connectivity index (χ1n) is 10.1. The van der Waals surface area contributed by atoms with Gasteiger partial charge in [0, 0.05) is 5.69 Å². The zero-order valence-electron chi connectivity index (χ0n) is 15.4. The smallest absolute Gasteiger partial charge is 0.233 e. The SMILES string of the molecule is CC(c1ccco1)N(C(=O)C12CC3CC(CC(C3)C1)C2)c1ccccc1. The summed E-state index contributed by atoms with van der Waals surface area (Å²) in [5.41, 5.74) is 0.836. The lowest BCUT2D eigenvalue weighted by Gasteiger charge is -2.57. The van der Waals surface area contributed by atoms with E-state index in [0.717, 1.165) is 48.5 Å². The highest BCUT2D eigenvalue weighted by molar-refractivity contribution is 5.98. The molecule has 2 aromatic rings.